The minimum Gasteiger partial charge on any atom is -0.326 e. The van der Waals surface area contributed by atoms with Crippen molar-refractivity contribution in [3.8, 4) is 0 Å². The minimum atomic E-state index is -0.0202. The normalized spacial score (nSPS) is 12.0. The molecule has 0 bridgehead atoms. The van der Waals surface area contributed by atoms with E-state index in [0.29, 0.717) is 23.1 Å². The van der Waals surface area contributed by atoms with Crippen molar-refractivity contribution in [3.05, 3.63) is 63.6 Å². The number of rotatable bonds is 5. The van der Waals surface area contributed by atoms with Gasteiger partial charge in [-0.25, -0.2) is 0 Å². The summed E-state index contributed by atoms with van der Waals surface area (Å²) in [6, 6.07) is 13.2. The van der Waals surface area contributed by atoms with Crippen LogP contribution in [0.1, 0.15) is 11.1 Å². The standard InChI is InChI=1S/C17H18Cl2N2O/c1-12-4-3-5-15(8-12)20-17(22)11-21(2)10-13-6-7-14(18)9-16(13)19/h3-9H,10-11H2,1-2H3,(H,20,22)/p+1. The number of hydrogen-bond donors (Lipinski definition) is 2. The molecule has 116 valence electrons. The van der Waals surface area contributed by atoms with Gasteiger partial charge in [-0.3, -0.25) is 4.79 Å². The molecule has 0 saturated carbocycles. The van der Waals surface area contributed by atoms with E-state index in [-0.39, 0.29) is 5.91 Å². The van der Waals surface area contributed by atoms with Gasteiger partial charge in [0.2, 0.25) is 0 Å². The zero-order valence-electron chi connectivity index (χ0n) is 12.6. The zero-order valence-corrected chi connectivity index (χ0v) is 14.1. The molecule has 1 unspecified atom stereocenters. The van der Waals surface area contributed by atoms with Gasteiger partial charge in [-0.1, -0.05) is 41.4 Å². The van der Waals surface area contributed by atoms with Crippen LogP contribution in [-0.2, 0) is 11.3 Å². The molecule has 2 aromatic carbocycles. The average molecular weight is 338 g/mol. The van der Waals surface area contributed by atoms with Crippen molar-refractivity contribution >= 4 is 34.8 Å². The van der Waals surface area contributed by atoms with E-state index in [9.17, 15) is 4.79 Å². The Bertz CT molecular complexity index is 673. The van der Waals surface area contributed by atoms with E-state index in [4.69, 9.17) is 23.2 Å². The Labute approximate surface area is 140 Å². The number of likely N-dealkylation sites (N-methyl/N-ethyl adjacent to an activating group) is 1. The molecule has 0 aliphatic carbocycles. The second-order valence-corrected chi connectivity index (χ2v) is 6.31. The van der Waals surface area contributed by atoms with Crippen molar-refractivity contribution in [2.75, 3.05) is 18.9 Å². The smallest absolute Gasteiger partial charge is 0.279 e. The summed E-state index contributed by atoms with van der Waals surface area (Å²) in [6.07, 6.45) is 0. The van der Waals surface area contributed by atoms with Crippen molar-refractivity contribution in [2.24, 2.45) is 0 Å². The molecule has 0 aromatic heterocycles. The Kier molecular flexibility index (Phi) is 5.83. The van der Waals surface area contributed by atoms with Crippen molar-refractivity contribution in [3.63, 3.8) is 0 Å². The lowest BCUT2D eigenvalue weighted by Gasteiger charge is -2.15. The molecule has 0 heterocycles. The summed E-state index contributed by atoms with van der Waals surface area (Å²) in [7, 11) is 1.96. The van der Waals surface area contributed by atoms with Crippen LogP contribution in [0.25, 0.3) is 0 Å². The maximum absolute atomic E-state index is 12.1. The van der Waals surface area contributed by atoms with Crippen LogP contribution in [-0.4, -0.2) is 19.5 Å². The maximum Gasteiger partial charge on any atom is 0.279 e. The number of anilines is 1. The van der Waals surface area contributed by atoms with E-state index in [1.807, 2.05) is 50.4 Å². The monoisotopic (exact) mass is 337 g/mol. The number of carbonyl (C=O) groups excluding carboxylic acids is 1. The molecule has 1 atom stereocenters. The predicted molar refractivity (Wildman–Crippen MR) is 91.7 cm³/mol. The molecule has 5 heteroatoms. The molecule has 2 N–H and O–H groups in total. The lowest BCUT2D eigenvalue weighted by atomic mass is 10.2. The fourth-order valence-corrected chi connectivity index (χ4v) is 2.73. The van der Waals surface area contributed by atoms with Crippen molar-refractivity contribution in [2.45, 2.75) is 13.5 Å². The molecular formula is C17H19Cl2N2O+. The number of aryl methyl sites for hydroxylation is 1. The molecule has 0 saturated heterocycles. The fraction of sp³-hybridized carbons (Fsp3) is 0.235. The third kappa shape index (κ3) is 5.02. The van der Waals surface area contributed by atoms with Gasteiger partial charge in [-0.2, -0.15) is 0 Å². The van der Waals surface area contributed by atoms with Gasteiger partial charge in [-0.15, -0.1) is 0 Å². The van der Waals surface area contributed by atoms with E-state index >= 15 is 0 Å². The number of hydrogen-bond acceptors (Lipinski definition) is 1. The SMILES string of the molecule is Cc1cccc(NC(=O)C[NH+](C)Cc2ccc(Cl)cc2Cl)c1. The summed E-state index contributed by atoms with van der Waals surface area (Å²) in [5.74, 6) is -0.0202. The molecular weight excluding hydrogens is 319 g/mol. The molecule has 0 aliphatic heterocycles. The van der Waals surface area contributed by atoms with Gasteiger partial charge in [0.1, 0.15) is 6.54 Å². The van der Waals surface area contributed by atoms with Gasteiger partial charge in [0.15, 0.2) is 6.54 Å². The highest BCUT2D eigenvalue weighted by atomic mass is 35.5. The Hall–Kier alpha value is -1.55. The summed E-state index contributed by atoms with van der Waals surface area (Å²) in [5, 5.41) is 4.15. The molecule has 0 radical (unpaired) electrons. The van der Waals surface area contributed by atoms with Crippen LogP contribution >= 0.6 is 23.2 Å². The van der Waals surface area contributed by atoms with Crippen LogP contribution in [0.3, 0.4) is 0 Å². The number of nitrogens with one attached hydrogen (secondary N) is 2. The minimum absolute atomic E-state index is 0.0202. The Balaban J connectivity index is 1.91. The van der Waals surface area contributed by atoms with Crippen LogP contribution in [0, 0.1) is 6.92 Å². The van der Waals surface area contributed by atoms with Crippen LogP contribution < -0.4 is 10.2 Å². The average Bonchev–Trinajstić information content (AvgIpc) is 2.41. The van der Waals surface area contributed by atoms with Gasteiger partial charge in [-0.05, 0) is 36.8 Å². The first-order valence-corrected chi connectivity index (χ1v) is 7.81. The van der Waals surface area contributed by atoms with Crippen LogP contribution in [0.15, 0.2) is 42.5 Å². The third-order valence-electron chi connectivity index (χ3n) is 3.27. The van der Waals surface area contributed by atoms with Gasteiger partial charge in [0.25, 0.3) is 5.91 Å². The highest BCUT2D eigenvalue weighted by Crippen LogP contribution is 2.20. The van der Waals surface area contributed by atoms with Gasteiger partial charge >= 0.3 is 0 Å². The molecule has 1 amide bonds. The molecule has 0 fully saturated rings. The Morgan fingerprint density at radius 1 is 1.18 bits per heavy atom. The summed E-state index contributed by atoms with van der Waals surface area (Å²) in [6.45, 7) is 3.03. The first-order chi connectivity index (χ1) is 10.4. The van der Waals surface area contributed by atoms with E-state index in [0.717, 1.165) is 21.7 Å². The number of benzene rings is 2. The largest absolute Gasteiger partial charge is 0.326 e. The highest BCUT2D eigenvalue weighted by molar-refractivity contribution is 6.35. The molecule has 22 heavy (non-hydrogen) atoms. The number of halogens is 2. The second kappa shape index (κ2) is 7.63. The molecule has 0 aliphatic rings. The quantitative estimate of drug-likeness (QED) is 0.864. The predicted octanol–water partition coefficient (Wildman–Crippen LogP) is 2.96. The summed E-state index contributed by atoms with van der Waals surface area (Å²) in [5.41, 5.74) is 2.92. The first kappa shape index (κ1) is 16.8. The summed E-state index contributed by atoms with van der Waals surface area (Å²) >= 11 is 12.0. The van der Waals surface area contributed by atoms with Gasteiger partial charge in [0, 0.05) is 16.3 Å². The van der Waals surface area contributed by atoms with Crippen molar-refractivity contribution < 1.29 is 9.69 Å². The lowest BCUT2D eigenvalue weighted by molar-refractivity contribution is -0.885. The van der Waals surface area contributed by atoms with Gasteiger partial charge in [0.05, 0.1) is 12.1 Å². The van der Waals surface area contributed by atoms with Gasteiger partial charge < -0.3 is 10.2 Å². The number of carbonyl (C=O) groups is 1. The van der Waals surface area contributed by atoms with E-state index in [1.165, 1.54) is 0 Å². The number of amides is 1. The van der Waals surface area contributed by atoms with Crippen LogP contribution in [0.4, 0.5) is 5.69 Å². The highest BCUT2D eigenvalue weighted by Gasteiger charge is 2.13. The fourth-order valence-electron chi connectivity index (χ4n) is 2.25. The Morgan fingerprint density at radius 3 is 2.64 bits per heavy atom. The summed E-state index contributed by atoms with van der Waals surface area (Å²) in [4.78, 5) is 13.1. The molecule has 0 spiro atoms. The zero-order chi connectivity index (χ0) is 16.1. The molecule has 3 nitrogen and oxygen atoms in total. The van der Waals surface area contributed by atoms with Crippen LogP contribution in [0.5, 0.6) is 0 Å². The summed E-state index contributed by atoms with van der Waals surface area (Å²) < 4.78 is 0. The first-order valence-electron chi connectivity index (χ1n) is 7.06. The molecule has 2 aromatic rings. The van der Waals surface area contributed by atoms with Crippen LogP contribution in [0.2, 0.25) is 10.0 Å². The third-order valence-corrected chi connectivity index (χ3v) is 3.86. The Morgan fingerprint density at radius 2 is 1.95 bits per heavy atom. The maximum atomic E-state index is 12.1. The second-order valence-electron chi connectivity index (χ2n) is 5.46. The van der Waals surface area contributed by atoms with Crippen molar-refractivity contribution in [1.82, 2.24) is 0 Å². The van der Waals surface area contributed by atoms with E-state index < -0.39 is 0 Å². The van der Waals surface area contributed by atoms with E-state index in [1.54, 1.807) is 6.07 Å². The van der Waals surface area contributed by atoms with E-state index in [2.05, 4.69) is 5.32 Å². The molecule has 2 rings (SSSR count). The lowest BCUT2D eigenvalue weighted by Crippen LogP contribution is -3.08. The number of quaternary nitrogens is 1. The topological polar surface area (TPSA) is 33.5 Å². The van der Waals surface area contributed by atoms with Crippen molar-refractivity contribution in [1.29, 1.82) is 0 Å².